The number of hydrogen-bond acceptors (Lipinski definition) is 7. The molecule has 4 N–H and O–H groups in total. The van der Waals surface area contributed by atoms with Gasteiger partial charge < -0.3 is 25.5 Å². The Labute approximate surface area is 202 Å². The molecule has 12 heteroatoms. The molecule has 0 amide bonds. The Hall–Kier alpha value is -3.28. The number of halogens is 3. The monoisotopic (exact) mass is 503 g/mol. The van der Waals surface area contributed by atoms with E-state index in [4.69, 9.17) is 0 Å². The minimum atomic E-state index is -4.26. The Bertz CT molecular complexity index is 1470. The van der Waals surface area contributed by atoms with Gasteiger partial charge in [0.15, 0.2) is 0 Å². The first-order chi connectivity index (χ1) is 16.7. The average molecular weight is 504 g/mol. The molecule has 0 unspecified atom stereocenters. The molecule has 4 heterocycles. The van der Waals surface area contributed by atoms with Crippen molar-refractivity contribution < 1.29 is 13.2 Å². The van der Waals surface area contributed by atoms with Crippen molar-refractivity contribution in [2.45, 2.75) is 37.9 Å². The van der Waals surface area contributed by atoms with E-state index in [1.165, 1.54) is 0 Å². The minimum Gasteiger partial charge on any atom is -0.382 e. The van der Waals surface area contributed by atoms with Crippen LogP contribution < -0.4 is 21.2 Å². The minimum absolute atomic E-state index is 0.159. The number of aromatic amines is 2. The zero-order valence-corrected chi connectivity index (χ0v) is 19.7. The largest absolute Gasteiger partial charge is 0.393 e. The van der Waals surface area contributed by atoms with Gasteiger partial charge in [0.1, 0.15) is 10.6 Å². The summed E-state index contributed by atoms with van der Waals surface area (Å²) in [4.78, 5) is 29.1. The molecule has 3 aromatic heterocycles. The predicted octanol–water partition coefficient (Wildman–Crippen LogP) is 4.48. The molecule has 1 saturated heterocycles. The Kier molecular flexibility index (Phi) is 4.99. The summed E-state index contributed by atoms with van der Waals surface area (Å²) in [6.45, 7) is 1.62. The fraction of sp³-hybridized carbons (Fsp3) is 0.435. The smallest absolute Gasteiger partial charge is 0.382 e. The van der Waals surface area contributed by atoms with Gasteiger partial charge in [0, 0.05) is 36.7 Å². The van der Waals surface area contributed by atoms with Crippen molar-refractivity contribution in [3.8, 4) is 0 Å². The number of H-pyrrole nitrogens is 2. The number of alkyl halides is 3. The second-order valence-electron chi connectivity index (χ2n) is 9.60. The molecule has 1 saturated carbocycles. The summed E-state index contributed by atoms with van der Waals surface area (Å²) in [5.74, 6) is 1.12. The maximum atomic E-state index is 13.0. The summed E-state index contributed by atoms with van der Waals surface area (Å²) in [6.07, 6.45) is -2.20. The second-order valence-corrected chi connectivity index (χ2v) is 10.7. The average Bonchev–Trinajstić information content (AvgIpc) is 3.46. The van der Waals surface area contributed by atoms with E-state index in [2.05, 4.69) is 35.5 Å². The highest BCUT2D eigenvalue weighted by atomic mass is 32.1. The number of benzene rings is 1. The quantitative estimate of drug-likeness (QED) is 0.320. The molecular weight excluding hydrogens is 479 g/mol. The van der Waals surface area contributed by atoms with Gasteiger partial charge in [-0.15, -0.1) is 11.3 Å². The van der Waals surface area contributed by atoms with Crippen molar-refractivity contribution in [3.05, 3.63) is 39.6 Å². The number of nitrogens with zero attached hydrogens (tertiary/aromatic N) is 3. The van der Waals surface area contributed by atoms with Gasteiger partial charge in [0.2, 0.25) is 5.95 Å². The number of fused-ring (bicyclic) bond motifs is 2. The topological polar surface area (TPSA) is 102 Å². The lowest BCUT2D eigenvalue weighted by molar-refractivity contribution is -0.126. The summed E-state index contributed by atoms with van der Waals surface area (Å²) in [5, 5.41) is 7.19. The van der Waals surface area contributed by atoms with Gasteiger partial charge in [-0.3, -0.25) is 0 Å². The Morgan fingerprint density at radius 3 is 2.77 bits per heavy atom. The van der Waals surface area contributed by atoms with E-state index in [-0.39, 0.29) is 16.0 Å². The van der Waals surface area contributed by atoms with E-state index < -0.39 is 12.6 Å². The predicted molar refractivity (Wildman–Crippen MR) is 132 cm³/mol. The van der Waals surface area contributed by atoms with E-state index in [0.29, 0.717) is 28.0 Å². The number of thiophene rings is 1. The molecule has 35 heavy (non-hydrogen) atoms. The molecule has 0 atom stereocenters. The zero-order chi connectivity index (χ0) is 24.4. The van der Waals surface area contributed by atoms with Crippen molar-refractivity contribution in [1.82, 2.24) is 19.9 Å². The van der Waals surface area contributed by atoms with Crippen LogP contribution in [0.2, 0.25) is 0 Å². The van der Waals surface area contributed by atoms with Crippen LogP contribution in [0.3, 0.4) is 0 Å². The maximum Gasteiger partial charge on any atom is 0.393 e. The first kappa shape index (κ1) is 22.2. The highest BCUT2D eigenvalue weighted by Crippen LogP contribution is 2.50. The number of nitrogens with one attached hydrogen (secondary N) is 4. The van der Waals surface area contributed by atoms with Crippen molar-refractivity contribution in [3.63, 3.8) is 0 Å². The van der Waals surface area contributed by atoms with Crippen LogP contribution in [0.4, 0.5) is 30.6 Å². The molecule has 0 bridgehead atoms. The first-order valence-electron chi connectivity index (χ1n) is 11.5. The van der Waals surface area contributed by atoms with Crippen LogP contribution >= 0.6 is 11.3 Å². The molecule has 4 aromatic rings. The number of hydrogen-bond donors (Lipinski definition) is 4. The third-order valence-corrected chi connectivity index (χ3v) is 8.03. The van der Waals surface area contributed by atoms with E-state index in [1.807, 2.05) is 18.2 Å². The summed E-state index contributed by atoms with van der Waals surface area (Å²) in [5.41, 5.74) is 2.46. The molecular formula is C23H24F3N7OS. The summed E-state index contributed by atoms with van der Waals surface area (Å²) in [6, 6.07) is 7.71. The van der Waals surface area contributed by atoms with E-state index in [0.717, 1.165) is 60.4 Å². The van der Waals surface area contributed by atoms with Gasteiger partial charge in [0.25, 0.3) is 0 Å². The third kappa shape index (κ3) is 4.19. The van der Waals surface area contributed by atoms with Crippen LogP contribution in [0.1, 0.15) is 24.1 Å². The van der Waals surface area contributed by atoms with E-state index in [9.17, 15) is 18.0 Å². The molecule has 8 nitrogen and oxygen atoms in total. The lowest BCUT2D eigenvalue weighted by Gasteiger charge is -2.46. The van der Waals surface area contributed by atoms with E-state index >= 15 is 0 Å². The van der Waals surface area contributed by atoms with Crippen LogP contribution in [0.5, 0.6) is 0 Å². The van der Waals surface area contributed by atoms with Gasteiger partial charge in [-0.2, -0.15) is 18.2 Å². The zero-order valence-electron chi connectivity index (χ0n) is 18.9. The molecule has 184 valence electrons. The maximum absolute atomic E-state index is 13.0. The fourth-order valence-corrected chi connectivity index (χ4v) is 6.54. The Morgan fingerprint density at radius 2 is 2.00 bits per heavy atom. The van der Waals surface area contributed by atoms with Gasteiger partial charge in [-0.1, -0.05) is 0 Å². The lowest BCUT2D eigenvalue weighted by atomic mass is 9.65. The van der Waals surface area contributed by atoms with Crippen LogP contribution in [0.15, 0.2) is 29.1 Å². The van der Waals surface area contributed by atoms with Crippen LogP contribution in [0, 0.1) is 5.41 Å². The SMILES string of the molecule is CNc1nc(N2CCC3(CC(Nc4ccc5[nH]c(=O)[nH]c5c4)C3)C2)c2cc(CC(F)(F)F)sc2n1. The van der Waals surface area contributed by atoms with Gasteiger partial charge in [-0.05, 0) is 48.9 Å². The molecule has 0 radical (unpaired) electrons. The third-order valence-electron chi connectivity index (χ3n) is 7.01. The van der Waals surface area contributed by atoms with E-state index in [1.54, 1.807) is 13.1 Å². The molecule has 1 aromatic carbocycles. The highest BCUT2D eigenvalue weighted by molar-refractivity contribution is 7.18. The van der Waals surface area contributed by atoms with Crippen LogP contribution in [0.25, 0.3) is 21.3 Å². The Balaban J connectivity index is 1.18. The molecule has 1 spiro atoms. The molecule has 1 aliphatic carbocycles. The normalized spacial score (nSPS) is 22.3. The van der Waals surface area contributed by atoms with Crippen molar-refractivity contribution in [2.75, 3.05) is 35.7 Å². The second kappa shape index (κ2) is 7.87. The van der Waals surface area contributed by atoms with Gasteiger partial charge in [-0.25, -0.2) is 9.78 Å². The summed E-state index contributed by atoms with van der Waals surface area (Å²) >= 11 is 1.08. The number of anilines is 3. The standard InChI is InChI=1S/C23H24F3N7OS/c1-27-20-31-18(15-7-14(10-23(24,25)26)35-19(15)32-20)33-5-4-22(11-33)8-13(9-22)28-12-2-3-16-17(6-12)30-21(34)29-16/h2-3,6-7,13,28H,4-5,8-11H2,1H3,(H,27,31,32)(H2,29,30,34). The number of imidazole rings is 1. The Morgan fingerprint density at radius 1 is 1.20 bits per heavy atom. The molecule has 2 aliphatic rings. The molecule has 6 rings (SSSR count). The van der Waals surface area contributed by atoms with Crippen LogP contribution in [-0.2, 0) is 6.42 Å². The summed E-state index contributed by atoms with van der Waals surface area (Å²) in [7, 11) is 1.71. The van der Waals surface area contributed by atoms with Crippen molar-refractivity contribution >= 4 is 50.0 Å². The van der Waals surface area contributed by atoms with Crippen molar-refractivity contribution in [1.29, 1.82) is 0 Å². The van der Waals surface area contributed by atoms with Gasteiger partial charge >= 0.3 is 11.9 Å². The number of rotatable bonds is 5. The molecule has 1 aliphatic heterocycles. The first-order valence-corrected chi connectivity index (χ1v) is 12.3. The number of aromatic nitrogens is 4. The fourth-order valence-electron chi connectivity index (χ4n) is 5.49. The lowest BCUT2D eigenvalue weighted by Crippen LogP contribution is -2.46. The van der Waals surface area contributed by atoms with Crippen molar-refractivity contribution in [2.24, 2.45) is 5.41 Å². The molecule has 2 fully saturated rings. The van der Waals surface area contributed by atoms with Crippen LogP contribution in [-0.4, -0.2) is 52.3 Å². The van der Waals surface area contributed by atoms with Gasteiger partial charge in [0.05, 0.1) is 22.8 Å². The summed E-state index contributed by atoms with van der Waals surface area (Å²) < 4.78 is 38.9. The highest BCUT2D eigenvalue weighted by Gasteiger charge is 2.49.